The van der Waals surface area contributed by atoms with Crippen LogP contribution in [0.5, 0.6) is 11.5 Å². The molecule has 0 spiro atoms. The minimum Gasteiger partial charge on any atom is -0.493 e. The zero-order valence-electron chi connectivity index (χ0n) is 38.0. The third-order valence-corrected chi connectivity index (χ3v) is 16.3. The molecule has 354 valence electrons. The summed E-state index contributed by atoms with van der Waals surface area (Å²) in [5.41, 5.74) is 2.88. The van der Waals surface area contributed by atoms with Gasteiger partial charge in [0.1, 0.15) is 16.4 Å². The molecule has 12 nitrogen and oxygen atoms in total. The van der Waals surface area contributed by atoms with E-state index in [1.807, 2.05) is 49.4 Å². The maximum atomic E-state index is 15.6. The summed E-state index contributed by atoms with van der Waals surface area (Å²) in [6.07, 6.45) is 12.8. The van der Waals surface area contributed by atoms with Gasteiger partial charge >= 0.3 is 0 Å². The second kappa shape index (κ2) is 22.7. The van der Waals surface area contributed by atoms with Crippen molar-refractivity contribution in [3.63, 3.8) is 0 Å². The molecule has 7 atom stereocenters. The third kappa shape index (κ3) is 10.4. The van der Waals surface area contributed by atoms with Crippen LogP contribution in [0, 0.1) is 17.8 Å². The van der Waals surface area contributed by atoms with Gasteiger partial charge in [-0.2, -0.15) is 4.31 Å². The number of hydrogen-bond acceptors (Lipinski definition) is 12. The molecule has 4 aromatic rings. The standard InChI is InChI=1S/C52H65N3O9S2/c1-3-27-55(66(58,59)46-22-14-17-37-18-15-26-53-51(37)46)47-36-44(54-64-48-23-10-13-31-61-48)42-34-38(16-8-11-28-56)41(21-9-12-29-57)49-43-35-39(60-32-33-65-40-19-6-5-7-20-40)24-25-45(43)63-52(47,50(42)49)62-30-4-2/h4-7,14-15,17-20,22,24-26,34-35,38,41,47-50,56-57H,2-3,8-13,16,21,23,27-33,36H2,1H3/t38-,41+,47-,48?,49+,50+,52+/m0/s1. The molecule has 3 heterocycles. The summed E-state index contributed by atoms with van der Waals surface area (Å²) in [5, 5.41) is 25.7. The first-order chi connectivity index (χ1) is 32.3. The van der Waals surface area contributed by atoms with Gasteiger partial charge in [0.15, 0.2) is 0 Å². The summed E-state index contributed by atoms with van der Waals surface area (Å²) in [6.45, 7) is 7.53. The molecule has 2 aliphatic heterocycles. The Bertz CT molecular complexity index is 2410. The smallest absolute Gasteiger partial charge is 0.245 e. The second-order valence-corrected chi connectivity index (χ2v) is 20.7. The average Bonchev–Trinajstić information content (AvgIpc) is 3.35. The van der Waals surface area contributed by atoms with Crippen LogP contribution in [0.2, 0.25) is 0 Å². The number of oxime groups is 1. The minimum absolute atomic E-state index is 0.0170. The number of thioether (sulfide) groups is 1. The van der Waals surface area contributed by atoms with E-state index in [0.717, 1.165) is 60.8 Å². The van der Waals surface area contributed by atoms with Gasteiger partial charge in [-0.25, -0.2) is 8.42 Å². The van der Waals surface area contributed by atoms with Gasteiger partial charge in [0.2, 0.25) is 22.1 Å². The van der Waals surface area contributed by atoms with Gasteiger partial charge < -0.3 is 34.0 Å². The number of aliphatic hydroxyl groups is 2. The van der Waals surface area contributed by atoms with E-state index in [4.69, 9.17) is 28.9 Å². The van der Waals surface area contributed by atoms with Crippen molar-refractivity contribution in [1.82, 2.24) is 9.29 Å². The summed E-state index contributed by atoms with van der Waals surface area (Å²) in [7, 11) is -4.29. The van der Waals surface area contributed by atoms with Crippen LogP contribution in [0.15, 0.2) is 124 Å². The first-order valence-electron chi connectivity index (χ1n) is 23.8. The summed E-state index contributed by atoms with van der Waals surface area (Å²) < 4.78 is 59.9. The van der Waals surface area contributed by atoms with Crippen LogP contribution < -0.4 is 9.47 Å². The van der Waals surface area contributed by atoms with E-state index in [2.05, 4.69) is 35.8 Å². The second-order valence-electron chi connectivity index (χ2n) is 17.6. The molecule has 2 fully saturated rings. The first-order valence-corrected chi connectivity index (χ1v) is 26.3. The Morgan fingerprint density at radius 1 is 1.00 bits per heavy atom. The SMILES string of the molecule is C=CCO[C@@]12Oc3ccc(OCCSc4ccccc4)cc3[C@H]3[C@H](CCCCO)[C@@H](CCCCO)C=C(C(=NOC4CCCCO4)C[C@@H]1N(CCC)S(=O)(=O)c1cccc4cccnc14)[C@H]32. The molecule has 0 radical (unpaired) electrons. The Kier molecular flexibility index (Phi) is 16.6. The zero-order chi connectivity index (χ0) is 45.9. The maximum absolute atomic E-state index is 15.6. The van der Waals surface area contributed by atoms with Gasteiger partial charge in [-0.3, -0.25) is 4.98 Å². The number of pyridine rings is 1. The Morgan fingerprint density at radius 3 is 2.59 bits per heavy atom. The molecule has 4 aliphatic rings. The maximum Gasteiger partial charge on any atom is 0.245 e. The largest absolute Gasteiger partial charge is 0.493 e. The van der Waals surface area contributed by atoms with Crippen molar-refractivity contribution in [2.24, 2.45) is 22.9 Å². The van der Waals surface area contributed by atoms with Crippen LogP contribution in [-0.2, 0) is 24.3 Å². The molecule has 3 aromatic carbocycles. The van der Waals surface area contributed by atoms with Crippen LogP contribution in [-0.4, -0.2) is 97.1 Å². The lowest BCUT2D eigenvalue weighted by Crippen LogP contribution is -2.70. The topological polar surface area (TPSA) is 149 Å². The lowest BCUT2D eigenvalue weighted by atomic mass is 9.55. The molecule has 2 N–H and O–H groups in total. The molecular formula is C52H65N3O9S2. The highest BCUT2D eigenvalue weighted by molar-refractivity contribution is 7.99. The van der Waals surface area contributed by atoms with E-state index >= 15 is 8.42 Å². The Balaban J connectivity index is 1.31. The summed E-state index contributed by atoms with van der Waals surface area (Å²) >= 11 is 1.74. The zero-order valence-corrected chi connectivity index (χ0v) is 39.7. The van der Waals surface area contributed by atoms with Crippen molar-refractivity contribution in [2.45, 2.75) is 111 Å². The monoisotopic (exact) mass is 939 g/mol. The number of sulfonamides is 1. The van der Waals surface area contributed by atoms with Crippen molar-refractivity contribution < 1.29 is 42.4 Å². The molecule has 14 heteroatoms. The van der Waals surface area contributed by atoms with Crippen molar-refractivity contribution in [2.75, 3.05) is 45.3 Å². The summed E-state index contributed by atoms with van der Waals surface area (Å²) in [6, 6.07) is 24.3. The van der Waals surface area contributed by atoms with Crippen molar-refractivity contribution >= 4 is 38.4 Å². The number of benzene rings is 3. The normalized spacial score (nSPS) is 25.5. The quantitative estimate of drug-likeness (QED) is 0.0317. The predicted molar refractivity (Wildman–Crippen MR) is 258 cm³/mol. The van der Waals surface area contributed by atoms with E-state index in [9.17, 15) is 10.2 Å². The number of rotatable bonds is 23. The molecule has 1 aromatic heterocycles. The number of fused-ring (bicyclic) bond motifs is 3. The fraction of sp³-hybridized carbons (Fsp3) is 0.500. The number of allylic oxidation sites excluding steroid dienone is 1. The van der Waals surface area contributed by atoms with Crippen molar-refractivity contribution in [3.05, 3.63) is 115 Å². The number of hydrogen-bond donors (Lipinski definition) is 2. The molecule has 1 saturated carbocycles. The Hall–Kier alpha value is -4.28. The molecule has 0 amide bonds. The molecule has 0 bridgehead atoms. The number of ether oxygens (including phenoxy) is 4. The lowest BCUT2D eigenvalue weighted by Gasteiger charge is -2.59. The van der Waals surface area contributed by atoms with E-state index in [-0.39, 0.29) is 55.4 Å². The number of unbranched alkanes of at least 4 members (excludes halogenated alkanes) is 2. The minimum atomic E-state index is -4.29. The fourth-order valence-corrected chi connectivity index (χ4v) is 13.2. The highest BCUT2D eigenvalue weighted by Crippen LogP contribution is 2.62. The third-order valence-electron chi connectivity index (χ3n) is 13.4. The van der Waals surface area contributed by atoms with Crippen molar-refractivity contribution in [3.8, 4) is 11.5 Å². The van der Waals surface area contributed by atoms with Crippen molar-refractivity contribution in [1.29, 1.82) is 0 Å². The lowest BCUT2D eigenvalue weighted by molar-refractivity contribution is -0.251. The van der Waals surface area contributed by atoms with Gasteiger partial charge in [-0.1, -0.05) is 73.5 Å². The highest BCUT2D eigenvalue weighted by atomic mass is 32.2. The van der Waals surface area contributed by atoms with Crippen LogP contribution in [0.3, 0.4) is 0 Å². The summed E-state index contributed by atoms with van der Waals surface area (Å²) in [5.74, 6) is -0.241. The molecule has 2 aliphatic carbocycles. The van der Waals surface area contributed by atoms with Crippen LogP contribution >= 0.6 is 11.8 Å². The highest BCUT2D eigenvalue weighted by Gasteiger charge is 2.66. The van der Waals surface area contributed by atoms with Crippen LogP contribution in [0.4, 0.5) is 0 Å². The molecule has 1 unspecified atom stereocenters. The van der Waals surface area contributed by atoms with Crippen LogP contribution in [0.25, 0.3) is 10.9 Å². The van der Waals surface area contributed by atoms with E-state index in [1.165, 1.54) is 4.90 Å². The molecule has 66 heavy (non-hydrogen) atoms. The first kappa shape index (κ1) is 48.2. The van der Waals surface area contributed by atoms with Gasteiger partial charge in [0.05, 0.1) is 43.0 Å². The number of aliphatic hydroxyl groups excluding tert-OH is 2. The fourth-order valence-electron chi connectivity index (χ4n) is 10.5. The van der Waals surface area contributed by atoms with Gasteiger partial charge in [0, 0.05) is 66.3 Å². The Labute approximate surface area is 394 Å². The molecule has 8 rings (SSSR count). The summed E-state index contributed by atoms with van der Waals surface area (Å²) in [4.78, 5) is 12.2. The average molecular weight is 940 g/mol. The molecule has 1 saturated heterocycles. The number of nitrogens with zero attached hydrogens (tertiary/aromatic N) is 3. The van der Waals surface area contributed by atoms with E-state index in [1.54, 1.807) is 46.5 Å². The van der Waals surface area contributed by atoms with Gasteiger partial charge in [0.25, 0.3) is 0 Å². The molecular weight excluding hydrogens is 875 g/mol. The number of para-hydroxylation sites is 1. The van der Waals surface area contributed by atoms with Gasteiger partial charge in [-0.15, -0.1) is 18.3 Å². The van der Waals surface area contributed by atoms with Gasteiger partial charge in [-0.05, 0) is 105 Å². The van der Waals surface area contributed by atoms with Crippen LogP contribution in [0.1, 0.15) is 89.0 Å². The number of aromatic nitrogens is 1. The van der Waals surface area contributed by atoms with E-state index in [0.29, 0.717) is 61.6 Å². The van der Waals surface area contributed by atoms with E-state index < -0.39 is 34.1 Å². The predicted octanol–water partition coefficient (Wildman–Crippen LogP) is 9.67. The Morgan fingerprint density at radius 2 is 1.82 bits per heavy atom.